The number of hydrogen-bond acceptors (Lipinski definition) is 2. The summed E-state index contributed by atoms with van der Waals surface area (Å²) in [6.45, 7) is 4.83. The van der Waals surface area contributed by atoms with Crippen molar-refractivity contribution in [3.63, 3.8) is 0 Å². The zero-order valence-electron chi connectivity index (χ0n) is 11.3. The minimum atomic E-state index is -0.121. The van der Waals surface area contributed by atoms with Gasteiger partial charge in [0.25, 0.3) is 0 Å². The number of ether oxygens (including phenoxy) is 1. The maximum absolute atomic E-state index is 8.75. The van der Waals surface area contributed by atoms with Crippen molar-refractivity contribution in [1.82, 2.24) is 0 Å². The predicted octanol–water partition coefficient (Wildman–Crippen LogP) is 3.30. The molecule has 0 aliphatic rings. The highest BCUT2D eigenvalue weighted by atomic mass is 16.5. The quantitative estimate of drug-likeness (QED) is 0.616. The van der Waals surface area contributed by atoms with E-state index in [4.69, 9.17) is 9.84 Å². The van der Waals surface area contributed by atoms with Crippen LogP contribution in [-0.4, -0.2) is 18.3 Å². The smallest absolute Gasteiger partial charge is 0.134 e. The van der Waals surface area contributed by atoms with E-state index in [2.05, 4.69) is 18.8 Å². The number of unbranched alkanes of at least 4 members (excludes halogenated alkanes) is 3. The Labute approximate surface area is 110 Å². The molecule has 18 heavy (non-hydrogen) atoms. The molecule has 0 bridgehead atoms. The molecule has 2 nitrogen and oxygen atoms in total. The van der Waals surface area contributed by atoms with Crippen LogP contribution in [0.4, 0.5) is 0 Å². The minimum absolute atomic E-state index is 0.121. The lowest BCUT2D eigenvalue weighted by atomic mass is 10.1. The monoisotopic (exact) mass is 246 g/mol. The second kappa shape index (κ2) is 8.60. The second-order valence-corrected chi connectivity index (χ2v) is 4.37. The maximum Gasteiger partial charge on any atom is 0.134 e. The highest BCUT2D eigenvalue weighted by Crippen LogP contribution is 2.19. The molecule has 0 amide bonds. The van der Waals surface area contributed by atoms with Crippen LogP contribution in [0.5, 0.6) is 5.75 Å². The summed E-state index contributed by atoms with van der Waals surface area (Å²) in [5.41, 5.74) is 2.01. The van der Waals surface area contributed by atoms with Gasteiger partial charge in [-0.15, -0.1) is 0 Å². The van der Waals surface area contributed by atoms with E-state index in [1.807, 2.05) is 25.1 Å². The van der Waals surface area contributed by atoms with E-state index in [0.29, 0.717) is 0 Å². The van der Waals surface area contributed by atoms with Crippen molar-refractivity contribution in [2.45, 2.75) is 39.5 Å². The lowest BCUT2D eigenvalue weighted by Gasteiger charge is -2.08. The van der Waals surface area contributed by atoms with Gasteiger partial charge in [0.15, 0.2) is 0 Å². The molecule has 0 spiro atoms. The molecule has 0 aliphatic carbocycles. The fraction of sp³-hybridized carbons (Fsp3) is 0.500. The minimum Gasteiger partial charge on any atom is -0.492 e. The van der Waals surface area contributed by atoms with Gasteiger partial charge in [0, 0.05) is 0 Å². The molecule has 1 N–H and O–H groups in total. The van der Waals surface area contributed by atoms with Crippen LogP contribution in [0.1, 0.15) is 43.7 Å². The third kappa shape index (κ3) is 5.25. The Kier molecular flexibility index (Phi) is 6.98. The van der Waals surface area contributed by atoms with E-state index >= 15 is 0 Å². The van der Waals surface area contributed by atoms with E-state index < -0.39 is 0 Å². The molecule has 0 aliphatic heterocycles. The summed E-state index contributed by atoms with van der Waals surface area (Å²) in [6, 6.07) is 5.96. The average molecular weight is 246 g/mol. The molecule has 0 saturated heterocycles. The summed E-state index contributed by atoms with van der Waals surface area (Å²) in [7, 11) is 0. The molecule has 0 unspecified atom stereocenters. The van der Waals surface area contributed by atoms with Crippen molar-refractivity contribution in [2.75, 3.05) is 13.2 Å². The fourth-order valence-electron chi connectivity index (χ4n) is 1.71. The first-order valence-corrected chi connectivity index (χ1v) is 6.61. The van der Waals surface area contributed by atoms with Crippen LogP contribution in [0.2, 0.25) is 0 Å². The van der Waals surface area contributed by atoms with Crippen LogP contribution in [0.25, 0.3) is 0 Å². The Hall–Kier alpha value is -1.46. The van der Waals surface area contributed by atoms with Crippen molar-refractivity contribution >= 4 is 0 Å². The molecule has 0 radical (unpaired) electrons. The number of benzene rings is 1. The molecule has 0 fully saturated rings. The van der Waals surface area contributed by atoms with E-state index in [-0.39, 0.29) is 6.61 Å². The van der Waals surface area contributed by atoms with E-state index in [1.54, 1.807) is 0 Å². The summed E-state index contributed by atoms with van der Waals surface area (Å²) < 4.78 is 5.75. The summed E-state index contributed by atoms with van der Waals surface area (Å²) in [4.78, 5) is 0. The molecule has 1 aromatic rings. The van der Waals surface area contributed by atoms with Crippen molar-refractivity contribution in [2.24, 2.45) is 0 Å². The summed E-state index contributed by atoms with van der Waals surface area (Å²) >= 11 is 0. The van der Waals surface area contributed by atoms with E-state index in [9.17, 15) is 0 Å². The molecule has 2 heteroatoms. The van der Waals surface area contributed by atoms with E-state index in [1.165, 1.54) is 19.3 Å². The first-order valence-electron chi connectivity index (χ1n) is 6.61. The molecule has 98 valence electrons. The molecule has 0 atom stereocenters. The number of rotatable bonds is 6. The first-order chi connectivity index (χ1) is 8.77. The lowest BCUT2D eigenvalue weighted by molar-refractivity contribution is 0.304. The molecule has 1 rings (SSSR count). The molecule has 0 saturated carbocycles. The van der Waals surface area contributed by atoms with Crippen LogP contribution in [-0.2, 0) is 0 Å². The number of aliphatic hydroxyl groups is 1. The highest BCUT2D eigenvalue weighted by molar-refractivity contribution is 5.48. The van der Waals surface area contributed by atoms with Crippen LogP contribution in [0.15, 0.2) is 18.2 Å². The van der Waals surface area contributed by atoms with Crippen molar-refractivity contribution in [3.05, 3.63) is 29.3 Å². The molecule has 0 aromatic heterocycles. The molecular weight excluding hydrogens is 224 g/mol. The average Bonchev–Trinajstić information content (AvgIpc) is 2.38. The van der Waals surface area contributed by atoms with Crippen LogP contribution >= 0.6 is 0 Å². The van der Waals surface area contributed by atoms with Gasteiger partial charge in [-0.1, -0.05) is 44.1 Å². The molecule has 1 aromatic carbocycles. The second-order valence-electron chi connectivity index (χ2n) is 4.37. The SMILES string of the molecule is CCCCCCOc1ccc(C)cc1C#CCO. The van der Waals surface area contributed by atoms with Gasteiger partial charge in [-0.3, -0.25) is 0 Å². The standard InChI is InChI=1S/C16H22O2/c1-3-4-5-6-12-18-16-10-9-14(2)13-15(16)8-7-11-17/h9-10,13,17H,3-6,11-12H2,1-2H3. The highest BCUT2D eigenvalue weighted by Gasteiger charge is 2.01. The van der Waals surface area contributed by atoms with Crippen molar-refractivity contribution < 1.29 is 9.84 Å². The summed E-state index contributed by atoms with van der Waals surface area (Å²) in [5.74, 6) is 6.42. The normalized spacial score (nSPS) is 9.72. The van der Waals surface area contributed by atoms with Gasteiger partial charge in [0.1, 0.15) is 12.4 Å². The van der Waals surface area contributed by atoms with E-state index in [0.717, 1.165) is 29.9 Å². The van der Waals surface area contributed by atoms with Crippen molar-refractivity contribution in [3.8, 4) is 17.6 Å². The van der Waals surface area contributed by atoms with Crippen molar-refractivity contribution in [1.29, 1.82) is 0 Å². The Morgan fingerprint density at radius 2 is 2.06 bits per heavy atom. The van der Waals surface area contributed by atoms with Gasteiger partial charge in [0.05, 0.1) is 12.2 Å². The van der Waals surface area contributed by atoms with Gasteiger partial charge < -0.3 is 9.84 Å². The van der Waals surface area contributed by atoms with Gasteiger partial charge in [0.2, 0.25) is 0 Å². The first kappa shape index (κ1) is 14.6. The Morgan fingerprint density at radius 1 is 1.22 bits per heavy atom. The fourth-order valence-corrected chi connectivity index (χ4v) is 1.71. The topological polar surface area (TPSA) is 29.5 Å². The van der Waals surface area contributed by atoms with Gasteiger partial charge >= 0.3 is 0 Å². The maximum atomic E-state index is 8.75. The lowest BCUT2D eigenvalue weighted by Crippen LogP contribution is -1.99. The zero-order chi connectivity index (χ0) is 13.2. The largest absolute Gasteiger partial charge is 0.492 e. The number of hydrogen-bond donors (Lipinski definition) is 1. The Morgan fingerprint density at radius 3 is 2.78 bits per heavy atom. The third-order valence-electron chi connectivity index (χ3n) is 2.69. The van der Waals surface area contributed by atoms with Crippen LogP contribution in [0.3, 0.4) is 0 Å². The molecule has 0 heterocycles. The van der Waals surface area contributed by atoms with Crippen LogP contribution in [0, 0.1) is 18.8 Å². The number of aryl methyl sites for hydroxylation is 1. The van der Waals surface area contributed by atoms with Gasteiger partial charge in [-0.05, 0) is 31.0 Å². The molecular formula is C16H22O2. The third-order valence-corrected chi connectivity index (χ3v) is 2.69. The van der Waals surface area contributed by atoms with Gasteiger partial charge in [-0.25, -0.2) is 0 Å². The summed E-state index contributed by atoms with van der Waals surface area (Å²) in [6.07, 6.45) is 4.78. The predicted molar refractivity (Wildman–Crippen MR) is 74.8 cm³/mol. The summed E-state index contributed by atoms with van der Waals surface area (Å²) in [5, 5.41) is 8.75. The van der Waals surface area contributed by atoms with Gasteiger partial charge in [-0.2, -0.15) is 0 Å². The Balaban J connectivity index is 2.58. The zero-order valence-corrected chi connectivity index (χ0v) is 11.3. The Bertz CT molecular complexity index is 413. The number of aliphatic hydroxyl groups excluding tert-OH is 1. The van der Waals surface area contributed by atoms with Crippen LogP contribution < -0.4 is 4.74 Å².